The van der Waals surface area contributed by atoms with Crippen molar-refractivity contribution in [2.75, 3.05) is 0 Å². The Morgan fingerprint density at radius 2 is 1.80 bits per heavy atom. The number of carbonyl (C=O) groups excluding carboxylic acids is 1. The van der Waals surface area contributed by atoms with Gasteiger partial charge in [0, 0.05) is 11.6 Å². The zero-order valence-corrected chi connectivity index (χ0v) is 11.3. The molecule has 0 amide bonds. The van der Waals surface area contributed by atoms with Crippen molar-refractivity contribution in [3.05, 3.63) is 65.9 Å². The van der Waals surface area contributed by atoms with E-state index in [0.29, 0.717) is 0 Å². The van der Waals surface area contributed by atoms with Crippen LogP contribution in [0.5, 0.6) is 0 Å². The van der Waals surface area contributed by atoms with Crippen LogP contribution in [-0.2, 0) is 6.54 Å². The van der Waals surface area contributed by atoms with Crippen LogP contribution in [0.3, 0.4) is 0 Å². The van der Waals surface area contributed by atoms with E-state index in [0.717, 1.165) is 12.1 Å². The summed E-state index contributed by atoms with van der Waals surface area (Å²) in [5, 5.41) is 2.53. The molecule has 4 rings (SSSR count). The average Bonchev–Trinajstić information content (AvgIpc) is 2.81. The van der Waals surface area contributed by atoms with Crippen LogP contribution >= 0.6 is 0 Å². The van der Waals surface area contributed by atoms with Gasteiger partial charge in [-0.25, -0.2) is 0 Å². The topological polar surface area (TPSA) is 20.9 Å². The number of Topliss-reactive ketones (excluding diaryl/α,β-unsaturated/α-hetero) is 1. The van der Waals surface area contributed by atoms with E-state index < -0.39 is 0 Å². The summed E-state index contributed by atoms with van der Waals surface area (Å²) in [6, 6.07) is 16.9. The van der Waals surface area contributed by atoms with Crippen LogP contribution in [0.15, 0.2) is 54.7 Å². The van der Waals surface area contributed by atoms with Crippen LogP contribution in [0.25, 0.3) is 22.0 Å². The van der Waals surface area contributed by atoms with Gasteiger partial charge in [-0.05, 0) is 35.9 Å². The summed E-state index contributed by atoms with van der Waals surface area (Å²) in [5.74, 6) is 0.112. The first kappa shape index (κ1) is 11.4. The van der Waals surface area contributed by atoms with Crippen molar-refractivity contribution >= 4 is 16.6 Å². The summed E-state index contributed by atoms with van der Waals surface area (Å²) in [4.78, 5) is 11.5. The van der Waals surface area contributed by atoms with Gasteiger partial charge in [-0.1, -0.05) is 24.3 Å². The molecule has 3 aromatic rings. The van der Waals surface area contributed by atoms with Crippen LogP contribution < -0.4 is 4.57 Å². The van der Waals surface area contributed by atoms with Crippen molar-refractivity contribution in [3.8, 4) is 11.3 Å². The number of benzene rings is 2. The number of hydrogen-bond donors (Lipinski definition) is 0. The molecule has 2 aromatic carbocycles. The maximum Gasteiger partial charge on any atom is 0.213 e. The number of ketones is 1. The molecule has 2 heteroatoms. The highest BCUT2D eigenvalue weighted by molar-refractivity contribution is 5.94. The van der Waals surface area contributed by atoms with E-state index >= 15 is 0 Å². The van der Waals surface area contributed by atoms with Gasteiger partial charge in [-0.3, -0.25) is 4.79 Å². The van der Waals surface area contributed by atoms with Gasteiger partial charge >= 0.3 is 0 Å². The predicted octanol–water partition coefficient (Wildman–Crippen LogP) is 3.36. The summed E-state index contributed by atoms with van der Waals surface area (Å²) in [5.41, 5.74) is 4.56. The van der Waals surface area contributed by atoms with Gasteiger partial charge in [0.25, 0.3) is 0 Å². The number of fused-ring (bicyclic) bond motifs is 4. The molecule has 0 radical (unpaired) electrons. The Morgan fingerprint density at radius 1 is 1.05 bits per heavy atom. The molecule has 1 aliphatic rings. The minimum Gasteiger partial charge on any atom is -0.294 e. The summed E-state index contributed by atoms with van der Waals surface area (Å²) in [6.45, 7) is 2.45. The molecule has 0 N–H and O–H groups in total. The zero-order chi connectivity index (χ0) is 13.7. The van der Waals surface area contributed by atoms with Crippen LogP contribution in [0.4, 0.5) is 0 Å². The van der Waals surface area contributed by atoms with E-state index in [1.807, 2.05) is 12.3 Å². The Balaban J connectivity index is 1.94. The summed E-state index contributed by atoms with van der Waals surface area (Å²) >= 11 is 0. The predicted molar refractivity (Wildman–Crippen MR) is 78.7 cm³/mol. The molecule has 1 aliphatic heterocycles. The Morgan fingerprint density at radius 3 is 2.55 bits per heavy atom. The fraction of sp³-hybridized carbons (Fsp3) is 0.111. The third kappa shape index (κ3) is 1.58. The molecule has 0 atom stereocenters. The van der Waals surface area contributed by atoms with E-state index in [2.05, 4.69) is 47.0 Å². The highest BCUT2D eigenvalue weighted by atomic mass is 16.1. The number of aromatic nitrogens is 1. The largest absolute Gasteiger partial charge is 0.294 e. The van der Waals surface area contributed by atoms with Gasteiger partial charge in [0.15, 0.2) is 18.5 Å². The number of nitrogens with zero attached hydrogens (tertiary/aromatic N) is 1. The molecule has 20 heavy (non-hydrogen) atoms. The highest BCUT2D eigenvalue weighted by Crippen LogP contribution is 2.30. The average molecular weight is 260 g/mol. The number of rotatable bonds is 1. The molecule has 0 unspecified atom stereocenters. The van der Waals surface area contributed by atoms with Crippen molar-refractivity contribution in [2.24, 2.45) is 0 Å². The third-order valence-corrected chi connectivity index (χ3v) is 4.02. The second-order valence-corrected chi connectivity index (χ2v) is 5.34. The fourth-order valence-electron chi connectivity index (χ4n) is 2.97. The van der Waals surface area contributed by atoms with E-state index in [-0.39, 0.29) is 5.78 Å². The van der Waals surface area contributed by atoms with Crippen LogP contribution in [0, 0.1) is 0 Å². The first-order valence-corrected chi connectivity index (χ1v) is 6.79. The molecule has 1 aromatic heterocycles. The number of carbonyl (C=O) groups is 1. The van der Waals surface area contributed by atoms with Gasteiger partial charge in [0.05, 0.1) is 11.1 Å². The van der Waals surface area contributed by atoms with E-state index in [4.69, 9.17) is 0 Å². The number of hydrogen-bond acceptors (Lipinski definition) is 1. The lowest BCUT2D eigenvalue weighted by Crippen LogP contribution is -2.32. The quantitative estimate of drug-likeness (QED) is 0.380. The number of pyridine rings is 1. The van der Waals surface area contributed by atoms with Crippen molar-refractivity contribution in [3.63, 3.8) is 0 Å². The second-order valence-electron chi connectivity index (χ2n) is 5.34. The van der Waals surface area contributed by atoms with Crippen LogP contribution in [0.1, 0.15) is 22.8 Å². The molecular weight excluding hydrogens is 246 g/mol. The van der Waals surface area contributed by atoms with E-state index in [1.54, 1.807) is 6.92 Å². The Kier molecular flexibility index (Phi) is 2.27. The molecule has 0 saturated carbocycles. The van der Waals surface area contributed by atoms with E-state index in [9.17, 15) is 4.79 Å². The Hall–Kier alpha value is -2.48. The molecule has 0 spiro atoms. The molecule has 0 fully saturated rings. The Labute approximate surface area is 117 Å². The third-order valence-electron chi connectivity index (χ3n) is 4.02. The molecule has 0 bridgehead atoms. The second kappa shape index (κ2) is 4.01. The van der Waals surface area contributed by atoms with Crippen molar-refractivity contribution in [2.45, 2.75) is 13.5 Å². The standard InChI is InChI=1S/C18H14NO/c1-12(20)15-6-7-18-17-9-14-5-3-2-4-13(14)8-16(17)11-19(18)10-15/h2-10H,11H2,1H3/q+1. The van der Waals surface area contributed by atoms with Gasteiger partial charge in [0.1, 0.15) is 0 Å². The van der Waals surface area contributed by atoms with Gasteiger partial charge in [-0.2, -0.15) is 4.57 Å². The van der Waals surface area contributed by atoms with Crippen LogP contribution in [0.2, 0.25) is 0 Å². The lowest BCUT2D eigenvalue weighted by Gasteiger charge is -2.00. The minimum absolute atomic E-state index is 0.112. The summed E-state index contributed by atoms with van der Waals surface area (Å²) in [7, 11) is 0. The monoisotopic (exact) mass is 260 g/mol. The fourth-order valence-corrected chi connectivity index (χ4v) is 2.97. The molecule has 0 saturated heterocycles. The summed E-state index contributed by atoms with van der Waals surface area (Å²) in [6.07, 6.45) is 1.96. The van der Waals surface area contributed by atoms with Crippen molar-refractivity contribution < 1.29 is 9.36 Å². The van der Waals surface area contributed by atoms with Gasteiger partial charge in [0.2, 0.25) is 5.69 Å². The molecule has 96 valence electrons. The van der Waals surface area contributed by atoms with Crippen LogP contribution in [-0.4, -0.2) is 5.78 Å². The molecule has 2 nitrogen and oxygen atoms in total. The SMILES string of the molecule is CC(=O)c1ccc2[n+](c1)Cc1cc3ccccc3cc1-2. The molecule has 0 aliphatic carbocycles. The summed E-state index contributed by atoms with van der Waals surface area (Å²) < 4.78 is 2.17. The molecular formula is C18H14NO+. The first-order valence-electron chi connectivity index (χ1n) is 6.79. The maximum absolute atomic E-state index is 11.5. The molecule has 2 heterocycles. The van der Waals surface area contributed by atoms with Gasteiger partial charge < -0.3 is 0 Å². The van der Waals surface area contributed by atoms with Gasteiger partial charge in [-0.15, -0.1) is 0 Å². The lowest BCUT2D eigenvalue weighted by molar-refractivity contribution is -0.672. The lowest BCUT2D eigenvalue weighted by atomic mass is 10.0. The first-order chi connectivity index (χ1) is 9.72. The highest BCUT2D eigenvalue weighted by Gasteiger charge is 2.26. The van der Waals surface area contributed by atoms with Crippen molar-refractivity contribution in [1.29, 1.82) is 0 Å². The van der Waals surface area contributed by atoms with E-state index in [1.165, 1.54) is 27.6 Å². The maximum atomic E-state index is 11.5. The Bertz CT molecular complexity index is 864. The normalized spacial score (nSPS) is 12.2. The minimum atomic E-state index is 0.112. The van der Waals surface area contributed by atoms with Crippen molar-refractivity contribution in [1.82, 2.24) is 0 Å². The smallest absolute Gasteiger partial charge is 0.213 e. The zero-order valence-electron chi connectivity index (χ0n) is 11.3.